The van der Waals surface area contributed by atoms with Crippen molar-refractivity contribution in [1.29, 1.82) is 0 Å². The van der Waals surface area contributed by atoms with Gasteiger partial charge in [-0.25, -0.2) is 4.79 Å². The van der Waals surface area contributed by atoms with Gasteiger partial charge in [-0.05, 0) is 11.1 Å². The van der Waals surface area contributed by atoms with Gasteiger partial charge in [0.2, 0.25) is 0 Å². The summed E-state index contributed by atoms with van der Waals surface area (Å²) in [5.74, 6) is -0.572. The number of rotatable bonds is 3. The zero-order chi connectivity index (χ0) is 14.8. The molecule has 1 heterocycles. The number of carbonyl (C=O) groups is 1. The van der Waals surface area contributed by atoms with Crippen LogP contribution in [0.15, 0.2) is 66.2 Å². The van der Waals surface area contributed by atoms with Gasteiger partial charge in [0, 0.05) is 5.57 Å². The quantitative estimate of drug-likeness (QED) is 0.667. The largest absolute Gasteiger partial charge is 0.449 e. The molecule has 2 aromatic rings. The van der Waals surface area contributed by atoms with Crippen molar-refractivity contribution in [2.24, 2.45) is 5.73 Å². The topological polar surface area (TPSA) is 72.6 Å². The first-order valence-corrected chi connectivity index (χ1v) is 6.67. The van der Waals surface area contributed by atoms with Gasteiger partial charge >= 0.3 is 5.97 Å². The minimum Gasteiger partial charge on any atom is -0.449 e. The molecule has 3 N–H and O–H groups in total. The summed E-state index contributed by atoms with van der Waals surface area (Å²) in [6, 6.07) is 18.8. The Labute approximate surface area is 122 Å². The lowest BCUT2D eigenvalue weighted by molar-refractivity contribution is -0.140. The number of carbonyl (C=O) groups excluding carboxylic acids is 1. The van der Waals surface area contributed by atoms with E-state index in [1.165, 1.54) is 0 Å². The molecule has 0 saturated carbocycles. The highest BCUT2D eigenvalue weighted by atomic mass is 16.5. The second kappa shape index (κ2) is 5.52. The Balaban J connectivity index is 2.16. The van der Waals surface area contributed by atoms with Crippen molar-refractivity contribution in [2.45, 2.75) is 12.3 Å². The summed E-state index contributed by atoms with van der Waals surface area (Å²) in [7, 11) is 0. The Morgan fingerprint density at radius 1 is 1.00 bits per heavy atom. The molecule has 4 nitrogen and oxygen atoms in total. The first-order chi connectivity index (χ1) is 10.2. The van der Waals surface area contributed by atoms with Gasteiger partial charge in [0.25, 0.3) is 0 Å². The fourth-order valence-electron chi connectivity index (χ4n) is 2.55. The molecule has 106 valence electrons. The number of benzene rings is 2. The maximum absolute atomic E-state index is 12.1. The Hall–Kier alpha value is -2.43. The smallest absolute Gasteiger partial charge is 0.339 e. The van der Waals surface area contributed by atoms with E-state index >= 15 is 0 Å². The predicted molar refractivity (Wildman–Crippen MR) is 78.8 cm³/mol. The Morgan fingerprint density at radius 2 is 1.57 bits per heavy atom. The van der Waals surface area contributed by atoms with E-state index in [1.54, 1.807) is 0 Å². The molecular formula is C17H15NO3. The molecular weight excluding hydrogens is 266 g/mol. The molecule has 0 aromatic heterocycles. The first-order valence-electron chi connectivity index (χ1n) is 6.67. The lowest BCUT2D eigenvalue weighted by atomic mass is 9.92. The van der Waals surface area contributed by atoms with Gasteiger partial charge in [0.05, 0.1) is 5.57 Å². The highest BCUT2D eigenvalue weighted by Gasteiger charge is 2.38. The molecule has 2 unspecified atom stereocenters. The number of aliphatic hydroxyl groups excluding tert-OH is 1. The van der Waals surface area contributed by atoms with E-state index in [0.29, 0.717) is 5.57 Å². The summed E-state index contributed by atoms with van der Waals surface area (Å²) in [6.45, 7) is 0. The van der Waals surface area contributed by atoms with Crippen molar-refractivity contribution < 1.29 is 14.6 Å². The highest BCUT2D eigenvalue weighted by Crippen LogP contribution is 2.41. The predicted octanol–water partition coefficient (Wildman–Crippen LogP) is 2.02. The third kappa shape index (κ3) is 2.46. The van der Waals surface area contributed by atoms with Crippen LogP contribution in [-0.4, -0.2) is 17.3 Å². The lowest BCUT2D eigenvalue weighted by Gasteiger charge is -2.15. The summed E-state index contributed by atoms with van der Waals surface area (Å²) in [5.41, 5.74) is 7.96. The standard InChI is InChI=1S/C17H15NO3/c18-16(19)14-13(11-7-3-1-4-8-11)15(21-17(14)20)12-9-5-2-6-10-12/h1-10,15-16,19H,18H2. The van der Waals surface area contributed by atoms with E-state index in [-0.39, 0.29) is 5.57 Å². The van der Waals surface area contributed by atoms with Crippen LogP contribution in [-0.2, 0) is 9.53 Å². The molecule has 0 aliphatic carbocycles. The molecule has 4 heteroatoms. The van der Waals surface area contributed by atoms with Gasteiger partial charge < -0.3 is 15.6 Å². The molecule has 1 aliphatic heterocycles. The van der Waals surface area contributed by atoms with E-state index in [0.717, 1.165) is 11.1 Å². The third-order valence-corrected chi connectivity index (χ3v) is 3.48. The summed E-state index contributed by atoms with van der Waals surface area (Å²) in [4.78, 5) is 12.1. The van der Waals surface area contributed by atoms with Crippen molar-refractivity contribution in [3.63, 3.8) is 0 Å². The average molecular weight is 281 g/mol. The van der Waals surface area contributed by atoms with Gasteiger partial charge in [-0.15, -0.1) is 0 Å². The average Bonchev–Trinajstić information content (AvgIpc) is 2.86. The normalized spacial score (nSPS) is 19.5. The molecule has 0 saturated heterocycles. The Kier molecular flexibility index (Phi) is 3.56. The molecule has 2 atom stereocenters. The van der Waals surface area contributed by atoms with Crippen LogP contribution in [0.4, 0.5) is 0 Å². The molecule has 0 fully saturated rings. The van der Waals surface area contributed by atoms with Crippen molar-refractivity contribution in [3.05, 3.63) is 77.4 Å². The van der Waals surface area contributed by atoms with Gasteiger partial charge in [0.15, 0.2) is 6.10 Å². The zero-order valence-electron chi connectivity index (χ0n) is 11.3. The van der Waals surface area contributed by atoms with E-state index in [4.69, 9.17) is 10.5 Å². The van der Waals surface area contributed by atoms with Crippen LogP contribution in [0.2, 0.25) is 0 Å². The number of ether oxygens (including phenoxy) is 1. The van der Waals surface area contributed by atoms with Crippen LogP contribution in [0.5, 0.6) is 0 Å². The van der Waals surface area contributed by atoms with Gasteiger partial charge in [-0.3, -0.25) is 0 Å². The SMILES string of the molecule is NC(O)C1=C(c2ccccc2)C(c2ccccc2)OC1=O. The van der Waals surface area contributed by atoms with Gasteiger partial charge in [-0.1, -0.05) is 60.7 Å². The van der Waals surface area contributed by atoms with Crippen molar-refractivity contribution in [2.75, 3.05) is 0 Å². The molecule has 0 spiro atoms. The van der Waals surface area contributed by atoms with Crippen LogP contribution >= 0.6 is 0 Å². The minimum atomic E-state index is -1.36. The van der Waals surface area contributed by atoms with Crippen molar-refractivity contribution in [1.82, 2.24) is 0 Å². The Bertz CT molecular complexity index is 678. The monoisotopic (exact) mass is 281 g/mol. The van der Waals surface area contributed by atoms with Crippen molar-refractivity contribution in [3.8, 4) is 0 Å². The maximum atomic E-state index is 12.1. The number of aliphatic hydroxyl groups is 1. The van der Waals surface area contributed by atoms with Crippen LogP contribution in [0.3, 0.4) is 0 Å². The van der Waals surface area contributed by atoms with Crippen LogP contribution in [0.25, 0.3) is 5.57 Å². The number of cyclic esters (lactones) is 1. The summed E-state index contributed by atoms with van der Waals surface area (Å²) in [6.07, 6.45) is -1.91. The molecule has 3 rings (SSSR count). The fraction of sp³-hybridized carbons (Fsp3) is 0.118. The van der Waals surface area contributed by atoms with Crippen LogP contribution < -0.4 is 5.73 Å². The summed E-state index contributed by atoms with van der Waals surface area (Å²) in [5, 5.41) is 9.74. The molecule has 1 aliphatic rings. The summed E-state index contributed by atoms with van der Waals surface area (Å²) >= 11 is 0. The maximum Gasteiger partial charge on any atom is 0.339 e. The highest BCUT2D eigenvalue weighted by molar-refractivity contribution is 6.03. The molecule has 0 amide bonds. The number of nitrogens with two attached hydrogens (primary N) is 1. The molecule has 21 heavy (non-hydrogen) atoms. The van der Waals surface area contributed by atoms with E-state index in [1.807, 2.05) is 60.7 Å². The zero-order valence-corrected chi connectivity index (χ0v) is 11.3. The second-order valence-electron chi connectivity index (χ2n) is 4.83. The van der Waals surface area contributed by atoms with E-state index in [9.17, 15) is 9.90 Å². The van der Waals surface area contributed by atoms with E-state index < -0.39 is 18.3 Å². The number of hydrogen-bond acceptors (Lipinski definition) is 4. The molecule has 0 radical (unpaired) electrons. The molecule has 0 bridgehead atoms. The lowest BCUT2D eigenvalue weighted by Crippen LogP contribution is -2.25. The van der Waals surface area contributed by atoms with Crippen LogP contribution in [0, 0.1) is 0 Å². The Morgan fingerprint density at radius 3 is 2.14 bits per heavy atom. The third-order valence-electron chi connectivity index (χ3n) is 3.48. The summed E-state index contributed by atoms with van der Waals surface area (Å²) < 4.78 is 5.44. The minimum absolute atomic E-state index is 0.120. The number of esters is 1. The number of hydrogen-bond donors (Lipinski definition) is 2. The molecule has 2 aromatic carbocycles. The fourth-order valence-corrected chi connectivity index (χ4v) is 2.55. The van der Waals surface area contributed by atoms with Crippen LogP contribution in [0.1, 0.15) is 17.2 Å². The second-order valence-corrected chi connectivity index (χ2v) is 4.83. The van der Waals surface area contributed by atoms with Crippen molar-refractivity contribution >= 4 is 11.5 Å². The van der Waals surface area contributed by atoms with Gasteiger partial charge in [0.1, 0.15) is 6.23 Å². The van der Waals surface area contributed by atoms with Gasteiger partial charge in [-0.2, -0.15) is 0 Å². The first kappa shape index (κ1) is 13.5. The van der Waals surface area contributed by atoms with E-state index in [2.05, 4.69) is 0 Å².